The SMILES string of the molecule is Cn1cc(N)cc1C(=O)N=C1C=CC2=CC(S(=O)(=O)O)=CC(S(=O)(=O)O)C2=C1. The summed E-state index contributed by atoms with van der Waals surface area (Å²) in [6, 6.07) is 1.43. The maximum Gasteiger partial charge on any atom is 0.294 e. The van der Waals surface area contributed by atoms with Crippen LogP contribution in [0.4, 0.5) is 5.69 Å². The van der Waals surface area contributed by atoms with E-state index in [0.717, 1.165) is 6.08 Å². The van der Waals surface area contributed by atoms with Gasteiger partial charge in [0.25, 0.3) is 26.1 Å². The summed E-state index contributed by atoms with van der Waals surface area (Å²) in [6.07, 6.45) is 7.23. The van der Waals surface area contributed by atoms with Gasteiger partial charge in [0, 0.05) is 13.2 Å². The third-order valence-corrected chi connectivity index (χ3v) is 5.97. The van der Waals surface area contributed by atoms with Crippen LogP contribution in [0, 0.1) is 0 Å². The first-order valence-corrected chi connectivity index (χ1v) is 10.6. The van der Waals surface area contributed by atoms with E-state index in [1.54, 1.807) is 7.05 Å². The third-order valence-electron chi connectivity index (χ3n) is 4.08. The van der Waals surface area contributed by atoms with Crippen LogP contribution in [0.3, 0.4) is 0 Å². The zero-order chi connectivity index (χ0) is 20.9. The molecule has 1 heterocycles. The average Bonchev–Trinajstić information content (AvgIpc) is 2.90. The predicted octanol–water partition coefficient (Wildman–Crippen LogP) is 0.653. The lowest BCUT2D eigenvalue weighted by molar-refractivity contribution is 0.0995. The van der Waals surface area contributed by atoms with Crippen molar-refractivity contribution in [2.24, 2.45) is 12.0 Å². The van der Waals surface area contributed by atoms with Gasteiger partial charge in [0.15, 0.2) is 0 Å². The highest BCUT2D eigenvalue weighted by molar-refractivity contribution is 7.90. The number of aromatic nitrogens is 1. The molecule has 0 bridgehead atoms. The number of hydrogen-bond acceptors (Lipinski definition) is 6. The molecule has 0 aromatic carbocycles. The minimum atomic E-state index is -4.75. The topological polar surface area (TPSA) is 169 Å². The minimum absolute atomic E-state index is 0.00958. The standard InChI is InChI=1S/C16H15N3O7S2/c1-19-8-10(17)5-14(19)16(20)18-11-3-2-9-4-12(27(21,22)23)7-15(13(9)6-11)28(24,25)26/h2-8,15H,17H2,1H3,(H,21,22,23)(H,24,25,26). The van der Waals surface area contributed by atoms with Gasteiger partial charge in [0.05, 0.1) is 16.3 Å². The molecule has 0 fully saturated rings. The lowest BCUT2D eigenvalue weighted by Gasteiger charge is -2.23. The fraction of sp³-hybridized carbons (Fsp3) is 0.125. The molecule has 2 aliphatic rings. The summed E-state index contributed by atoms with van der Waals surface area (Å²) in [5.41, 5.74) is 6.44. The largest absolute Gasteiger partial charge is 0.397 e. The quantitative estimate of drug-likeness (QED) is 0.593. The van der Waals surface area contributed by atoms with Gasteiger partial charge in [-0.3, -0.25) is 13.9 Å². The smallest absolute Gasteiger partial charge is 0.294 e. The van der Waals surface area contributed by atoms with Crippen molar-refractivity contribution in [3.8, 4) is 0 Å². The molecule has 0 saturated carbocycles. The first-order chi connectivity index (χ1) is 12.9. The van der Waals surface area contributed by atoms with Crippen LogP contribution in [0.2, 0.25) is 0 Å². The van der Waals surface area contributed by atoms with Crippen molar-refractivity contribution in [1.29, 1.82) is 0 Å². The Labute approximate surface area is 160 Å². The molecule has 28 heavy (non-hydrogen) atoms. The molecular weight excluding hydrogens is 410 g/mol. The predicted molar refractivity (Wildman–Crippen MR) is 102 cm³/mol. The number of carbonyl (C=O) groups excluding carboxylic acids is 1. The average molecular weight is 425 g/mol. The number of aryl methyl sites for hydroxylation is 1. The first-order valence-electron chi connectivity index (χ1n) is 7.68. The lowest BCUT2D eigenvalue weighted by Crippen LogP contribution is -2.27. The fourth-order valence-corrected chi connectivity index (χ4v) is 4.35. The number of carbonyl (C=O) groups is 1. The van der Waals surface area contributed by atoms with Crippen LogP contribution in [0.15, 0.2) is 63.7 Å². The van der Waals surface area contributed by atoms with Crippen molar-refractivity contribution in [2.75, 3.05) is 5.73 Å². The van der Waals surface area contributed by atoms with E-state index in [0.29, 0.717) is 11.8 Å². The number of nitrogen functional groups attached to an aromatic ring is 1. The van der Waals surface area contributed by atoms with Crippen LogP contribution >= 0.6 is 0 Å². The Kier molecular flexibility index (Phi) is 4.75. The lowest BCUT2D eigenvalue weighted by atomic mass is 9.92. The highest BCUT2D eigenvalue weighted by Gasteiger charge is 2.34. The van der Waals surface area contributed by atoms with Crippen LogP contribution in [-0.4, -0.2) is 47.4 Å². The molecule has 2 aliphatic carbocycles. The minimum Gasteiger partial charge on any atom is -0.397 e. The Morgan fingerprint density at radius 3 is 2.39 bits per heavy atom. The first kappa shape index (κ1) is 19.9. The molecule has 1 atom stereocenters. The van der Waals surface area contributed by atoms with Crippen LogP contribution in [0.1, 0.15) is 10.5 Å². The van der Waals surface area contributed by atoms with Gasteiger partial charge in [0.1, 0.15) is 10.9 Å². The van der Waals surface area contributed by atoms with E-state index in [-0.39, 0.29) is 22.6 Å². The zero-order valence-electron chi connectivity index (χ0n) is 14.3. The Balaban J connectivity index is 2.06. The van der Waals surface area contributed by atoms with Gasteiger partial charge in [-0.2, -0.15) is 16.8 Å². The molecule has 1 aromatic heterocycles. The maximum absolute atomic E-state index is 12.3. The molecule has 3 rings (SSSR count). The van der Waals surface area contributed by atoms with E-state index in [1.807, 2.05) is 0 Å². The van der Waals surface area contributed by atoms with Gasteiger partial charge in [-0.05, 0) is 41.5 Å². The van der Waals surface area contributed by atoms with Crippen molar-refractivity contribution in [1.82, 2.24) is 4.57 Å². The number of nitrogens with two attached hydrogens (primary N) is 1. The summed E-state index contributed by atoms with van der Waals surface area (Å²) in [5.74, 6) is -0.628. The van der Waals surface area contributed by atoms with E-state index in [9.17, 15) is 30.7 Å². The molecule has 0 spiro atoms. The van der Waals surface area contributed by atoms with Gasteiger partial charge in [-0.25, -0.2) is 4.99 Å². The summed E-state index contributed by atoms with van der Waals surface area (Å²) in [6.45, 7) is 0. The van der Waals surface area contributed by atoms with Crippen molar-refractivity contribution in [3.05, 3.63) is 64.4 Å². The van der Waals surface area contributed by atoms with Crippen molar-refractivity contribution < 1.29 is 30.7 Å². The Hall–Kier alpha value is -2.80. The highest BCUT2D eigenvalue weighted by Crippen LogP contribution is 2.33. The molecule has 10 nitrogen and oxygen atoms in total. The second-order valence-electron chi connectivity index (χ2n) is 6.12. The maximum atomic E-state index is 12.3. The van der Waals surface area contributed by atoms with Crippen molar-refractivity contribution >= 4 is 37.5 Å². The second kappa shape index (κ2) is 6.67. The second-order valence-corrected chi connectivity index (χ2v) is 9.08. The van der Waals surface area contributed by atoms with E-state index in [4.69, 9.17) is 5.73 Å². The van der Waals surface area contributed by atoms with Crippen LogP contribution in [0.5, 0.6) is 0 Å². The van der Waals surface area contributed by atoms with E-state index < -0.39 is 36.3 Å². The molecule has 0 saturated heterocycles. The number of rotatable bonds is 3. The van der Waals surface area contributed by atoms with E-state index >= 15 is 0 Å². The number of aliphatic imine (C=N–C) groups is 1. The molecule has 12 heteroatoms. The summed E-state index contributed by atoms with van der Waals surface area (Å²) in [5, 5.41) is -1.75. The fourth-order valence-electron chi connectivity index (χ4n) is 2.83. The number of amides is 1. The summed E-state index contributed by atoms with van der Waals surface area (Å²) < 4.78 is 66.4. The number of anilines is 1. The van der Waals surface area contributed by atoms with Crippen molar-refractivity contribution in [3.63, 3.8) is 0 Å². The molecule has 1 amide bonds. The van der Waals surface area contributed by atoms with Gasteiger partial charge in [-0.1, -0.05) is 6.08 Å². The third kappa shape index (κ3) is 3.89. The van der Waals surface area contributed by atoms with Crippen LogP contribution < -0.4 is 5.73 Å². The molecule has 0 aliphatic heterocycles. The van der Waals surface area contributed by atoms with Crippen LogP contribution in [0.25, 0.3) is 0 Å². The Morgan fingerprint density at radius 1 is 1.18 bits per heavy atom. The number of nitrogens with zero attached hydrogens (tertiary/aromatic N) is 2. The Morgan fingerprint density at radius 2 is 1.86 bits per heavy atom. The zero-order valence-corrected chi connectivity index (χ0v) is 16.0. The van der Waals surface area contributed by atoms with Crippen molar-refractivity contribution in [2.45, 2.75) is 5.25 Å². The summed E-state index contributed by atoms with van der Waals surface area (Å²) >= 11 is 0. The highest BCUT2D eigenvalue weighted by atomic mass is 32.2. The van der Waals surface area contributed by atoms with Crippen LogP contribution in [-0.2, 0) is 27.3 Å². The molecule has 148 valence electrons. The van der Waals surface area contributed by atoms with Gasteiger partial charge in [-0.15, -0.1) is 0 Å². The molecule has 1 aromatic rings. The number of hydrogen-bond donors (Lipinski definition) is 3. The van der Waals surface area contributed by atoms with E-state index in [2.05, 4.69) is 4.99 Å². The normalized spacial score (nSPS) is 21.0. The monoisotopic (exact) mass is 425 g/mol. The molecule has 4 N–H and O–H groups in total. The molecule has 0 radical (unpaired) electrons. The number of allylic oxidation sites excluding steroid dienone is 5. The summed E-state index contributed by atoms with van der Waals surface area (Å²) in [4.78, 5) is 15.6. The van der Waals surface area contributed by atoms with Gasteiger partial charge < -0.3 is 10.3 Å². The molecular formula is C16H15N3O7S2. The van der Waals surface area contributed by atoms with Gasteiger partial charge in [0.2, 0.25) is 0 Å². The number of fused-ring (bicyclic) bond motifs is 1. The van der Waals surface area contributed by atoms with E-state index in [1.165, 1.54) is 35.1 Å². The molecule has 1 unspecified atom stereocenters. The Bertz CT molecular complexity index is 1240. The summed E-state index contributed by atoms with van der Waals surface area (Å²) in [7, 11) is -7.84. The van der Waals surface area contributed by atoms with Gasteiger partial charge >= 0.3 is 0 Å².